The summed E-state index contributed by atoms with van der Waals surface area (Å²) in [5, 5.41) is 16.9. The van der Waals surface area contributed by atoms with Crippen LogP contribution in [0.2, 0.25) is 0 Å². The van der Waals surface area contributed by atoms with E-state index in [1.54, 1.807) is 19.1 Å². The number of hydrogen-bond acceptors (Lipinski definition) is 5. The number of nitrogens with zero attached hydrogens (tertiary/aromatic N) is 2. The van der Waals surface area contributed by atoms with Crippen LogP contribution in [0.3, 0.4) is 0 Å². The number of β-amino-alcohol motifs (C(OH)–C–C–N with tert-alkyl or cyclic N) is 1. The van der Waals surface area contributed by atoms with Gasteiger partial charge in [-0.15, -0.1) is 24.0 Å². The summed E-state index contributed by atoms with van der Waals surface area (Å²) in [5.41, 5.74) is -0.186. The molecule has 1 saturated heterocycles. The number of guanidine groups is 1. The lowest BCUT2D eigenvalue weighted by Gasteiger charge is -2.34. The van der Waals surface area contributed by atoms with E-state index in [1.165, 1.54) is 12.1 Å². The molecule has 1 aromatic rings. The lowest BCUT2D eigenvalue weighted by Crippen LogP contribution is -2.52. The van der Waals surface area contributed by atoms with Crippen LogP contribution >= 0.6 is 24.0 Å². The summed E-state index contributed by atoms with van der Waals surface area (Å²) < 4.78 is 34.4. The van der Waals surface area contributed by atoms with E-state index in [0.717, 1.165) is 18.7 Å². The molecule has 0 bridgehead atoms. The van der Waals surface area contributed by atoms with Crippen molar-refractivity contribution in [2.75, 3.05) is 45.9 Å². The highest BCUT2D eigenvalue weighted by Crippen LogP contribution is 2.16. The minimum Gasteiger partial charge on any atom is -0.435 e. The van der Waals surface area contributed by atoms with Crippen molar-refractivity contribution in [3.63, 3.8) is 0 Å². The zero-order chi connectivity index (χ0) is 20.4. The summed E-state index contributed by atoms with van der Waals surface area (Å²) in [6.45, 7) is 5.66. The number of morpholine rings is 1. The molecule has 3 N–H and O–H groups in total. The van der Waals surface area contributed by atoms with Crippen LogP contribution in [0.5, 0.6) is 5.75 Å². The number of ether oxygens (including phenoxy) is 2. The molecule has 1 aliphatic heterocycles. The van der Waals surface area contributed by atoms with E-state index in [2.05, 4.69) is 25.3 Å². The van der Waals surface area contributed by atoms with Crippen molar-refractivity contribution in [1.29, 1.82) is 0 Å². The average molecular weight is 528 g/mol. The third-order valence-electron chi connectivity index (χ3n) is 4.19. The first-order chi connectivity index (χ1) is 13.4. The Hall–Kier alpha value is -1.24. The number of aliphatic hydroxyl groups is 1. The maximum absolute atomic E-state index is 12.3. The van der Waals surface area contributed by atoms with Crippen molar-refractivity contribution in [2.24, 2.45) is 4.99 Å². The topological polar surface area (TPSA) is 78.4 Å². The van der Waals surface area contributed by atoms with Gasteiger partial charge >= 0.3 is 6.61 Å². The molecule has 0 saturated carbocycles. The Kier molecular flexibility index (Phi) is 11.7. The molecule has 10 heteroatoms. The van der Waals surface area contributed by atoms with Crippen LogP contribution < -0.4 is 15.4 Å². The fraction of sp³-hybridized carbons (Fsp3) is 0.632. The summed E-state index contributed by atoms with van der Waals surface area (Å²) >= 11 is 0. The van der Waals surface area contributed by atoms with E-state index in [9.17, 15) is 13.9 Å². The molecule has 0 spiro atoms. The second-order valence-corrected chi connectivity index (χ2v) is 6.96. The zero-order valence-electron chi connectivity index (χ0n) is 16.9. The molecular weight excluding hydrogens is 497 g/mol. The highest BCUT2D eigenvalue weighted by molar-refractivity contribution is 14.0. The zero-order valence-corrected chi connectivity index (χ0v) is 19.2. The molecule has 29 heavy (non-hydrogen) atoms. The summed E-state index contributed by atoms with van der Waals surface area (Å²) in [5.74, 6) is 0.652. The average Bonchev–Trinajstić information content (AvgIpc) is 2.64. The van der Waals surface area contributed by atoms with Gasteiger partial charge in [0.1, 0.15) is 5.75 Å². The van der Waals surface area contributed by atoms with Crippen molar-refractivity contribution in [1.82, 2.24) is 15.5 Å². The number of alkyl halides is 2. The predicted octanol–water partition coefficient (Wildman–Crippen LogP) is 2.04. The van der Waals surface area contributed by atoms with Crippen molar-refractivity contribution < 1.29 is 23.4 Å². The van der Waals surface area contributed by atoms with Crippen LogP contribution in [0, 0.1) is 0 Å². The van der Waals surface area contributed by atoms with Crippen LogP contribution in [-0.4, -0.2) is 74.1 Å². The first kappa shape index (κ1) is 25.8. The summed E-state index contributed by atoms with van der Waals surface area (Å²) in [7, 11) is 0. The van der Waals surface area contributed by atoms with Crippen molar-refractivity contribution in [3.8, 4) is 5.75 Å². The van der Waals surface area contributed by atoms with Gasteiger partial charge < -0.3 is 25.2 Å². The van der Waals surface area contributed by atoms with Gasteiger partial charge in [0, 0.05) is 32.7 Å². The molecule has 166 valence electrons. The highest BCUT2D eigenvalue weighted by atomic mass is 127. The number of aliphatic imine (C=N–C) groups is 1. The molecule has 1 atom stereocenters. The second-order valence-electron chi connectivity index (χ2n) is 6.96. The molecule has 1 heterocycles. The van der Waals surface area contributed by atoms with Gasteiger partial charge in [-0.3, -0.25) is 4.90 Å². The molecule has 0 aliphatic carbocycles. The highest BCUT2D eigenvalue weighted by Gasteiger charge is 2.25. The normalized spacial score (nSPS) is 17.4. The number of halogens is 3. The Morgan fingerprint density at radius 2 is 2.07 bits per heavy atom. The molecule has 0 amide bonds. The molecule has 0 aromatic heterocycles. The minimum absolute atomic E-state index is 0. The molecular formula is C19H31F2IN4O3. The van der Waals surface area contributed by atoms with Crippen LogP contribution in [0.15, 0.2) is 29.3 Å². The Bertz CT molecular complexity index is 629. The quantitative estimate of drug-likeness (QED) is 0.259. The van der Waals surface area contributed by atoms with Crippen LogP contribution in [0.25, 0.3) is 0 Å². The smallest absolute Gasteiger partial charge is 0.387 e. The third-order valence-corrected chi connectivity index (χ3v) is 4.19. The van der Waals surface area contributed by atoms with Gasteiger partial charge in [0.25, 0.3) is 0 Å². The molecule has 1 aliphatic rings. The maximum Gasteiger partial charge on any atom is 0.387 e. The van der Waals surface area contributed by atoms with E-state index in [-0.39, 0.29) is 29.7 Å². The molecule has 0 radical (unpaired) electrons. The number of benzene rings is 1. The fourth-order valence-corrected chi connectivity index (χ4v) is 2.90. The van der Waals surface area contributed by atoms with E-state index in [4.69, 9.17) is 4.74 Å². The molecule has 2 rings (SSSR count). The first-order valence-corrected chi connectivity index (χ1v) is 9.46. The molecule has 7 nitrogen and oxygen atoms in total. The lowest BCUT2D eigenvalue weighted by atomic mass is 10.1. The monoisotopic (exact) mass is 528 g/mol. The lowest BCUT2D eigenvalue weighted by molar-refractivity contribution is -0.0498. The van der Waals surface area contributed by atoms with Gasteiger partial charge in [-0.2, -0.15) is 8.78 Å². The van der Waals surface area contributed by atoms with Crippen molar-refractivity contribution in [2.45, 2.75) is 32.6 Å². The standard InChI is InChI=1S/C19H30F2N4O3.HI/c1-3-22-18(23-12-15-5-4-6-16(11-15)28-17(20)21)24-13-19(2,26)14-25-7-9-27-10-8-25;/h4-6,11,17,26H,3,7-10,12-14H2,1-2H3,(H2,22,23,24);1H. The van der Waals surface area contributed by atoms with E-state index in [0.29, 0.717) is 45.4 Å². The van der Waals surface area contributed by atoms with Gasteiger partial charge in [-0.05, 0) is 31.5 Å². The molecule has 1 aromatic carbocycles. The van der Waals surface area contributed by atoms with Gasteiger partial charge in [0.2, 0.25) is 0 Å². The Labute approximate surface area is 187 Å². The van der Waals surface area contributed by atoms with E-state index >= 15 is 0 Å². The predicted molar refractivity (Wildman–Crippen MR) is 119 cm³/mol. The van der Waals surface area contributed by atoms with Crippen molar-refractivity contribution in [3.05, 3.63) is 29.8 Å². The number of nitrogens with one attached hydrogen (secondary N) is 2. The molecule has 1 fully saturated rings. The summed E-state index contributed by atoms with van der Waals surface area (Å²) in [4.78, 5) is 6.63. The summed E-state index contributed by atoms with van der Waals surface area (Å²) in [6, 6.07) is 6.45. The van der Waals surface area contributed by atoms with Gasteiger partial charge in [0.05, 0.1) is 25.4 Å². The van der Waals surface area contributed by atoms with E-state index in [1.807, 2.05) is 6.92 Å². The van der Waals surface area contributed by atoms with Crippen LogP contribution in [0.4, 0.5) is 8.78 Å². The van der Waals surface area contributed by atoms with Gasteiger partial charge in [-0.25, -0.2) is 4.99 Å². The van der Waals surface area contributed by atoms with Gasteiger partial charge in [0.15, 0.2) is 5.96 Å². The van der Waals surface area contributed by atoms with Crippen LogP contribution in [-0.2, 0) is 11.3 Å². The number of rotatable bonds is 9. The fourth-order valence-electron chi connectivity index (χ4n) is 2.90. The second kappa shape index (κ2) is 13.1. The van der Waals surface area contributed by atoms with Crippen LogP contribution in [0.1, 0.15) is 19.4 Å². The van der Waals surface area contributed by atoms with Crippen molar-refractivity contribution >= 4 is 29.9 Å². The van der Waals surface area contributed by atoms with Gasteiger partial charge in [-0.1, -0.05) is 12.1 Å². The minimum atomic E-state index is -2.86. The third kappa shape index (κ3) is 10.4. The largest absolute Gasteiger partial charge is 0.435 e. The Balaban J connectivity index is 0.00000420. The summed E-state index contributed by atoms with van der Waals surface area (Å²) in [6.07, 6.45) is 0. The maximum atomic E-state index is 12.3. The number of hydrogen-bond donors (Lipinski definition) is 3. The first-order valence-electron chi connectivity index (χ1n) is 9.46. The Morgan fingerprint density at radius 3 is 2.72 bits per heavy atom. The molecule has 1 unspecified atom stereocenters. The SMILES string of the molecule is CCNC(=NCc1cccc(OC(F)F)c1)NCC(C)(O)CN1CCOCC1.I. The Morgan fingerprint density at radius 1 is 1.34 bits per heavy atom. The van der Waals surface area contributed by atoms with E-state index < -0.39 is 12.2 Å².